The van der Waals surface area contributed by atoms with Crippen LogP contribution in [-0.2, 0) is 0 Å². The normalized spacial score (nSPS) is 14.4. The molecule has 0 unspecified atom stereocenters. The molecule has 1 fully saturated rings. The molecule has 2 aromatic carbocycles. The second kappa shape index (κ2) is 7.44. The topological polar surface area (TPSA) is 60.2 Å². The summed E-state index contributed by atoms with van der Waals surface area (Å²) >= 11 is 0. The minimum Gasteiger partial charge on any atom is -0.495 e. The van der Waals surface area contributed by atoms with Gasteiger partial charge in [0.15, 0.2) is 0 Å². The number of fused-ring (bicyclic) bond motifs is 2. The Bertz CT molecular complexity index is 1310. The fourth-order valence-electron chi connectivity index (χ4n) is 4.50. The average Bonchev–Trinajstić information content (AvgIpc) is 2.79. The number of anilines is 1. The third-order valence-corrected chi connectivity index (χ3v) is 5.94. The van der Waals surface area contributed by atoms with Gasteiger partial charge in [-0.1, -0.05) is 30.3 Å². The summed E-state index contributed by atoms with van der Waals surface area (Å²) in [7, 11) is 1.63. The zero-order valence-corrected chi connectivity index (χ0v) is 17.3. The molecule has 1 aliphatic rings. The van der Waals surface area contributed by atoms with Crippen molar-refractivity contribution in [1.29, 1.82) is 0 Å². The van der Waals surface area contributed by atoms with Crippen LogP contribution in [0.2, 0.25) is 0 Å². The van der Waals surface area contributed by atoms with Gasteiger partial charge in [-0.2, -0.15) is 0 Å². The van der Waals surface area contributed by atoms with Gasteiger partial charge in [-0.3, -0.25) is 9.36 Å². The molecule has 6 heteroatoms. The van der Waals surface area contributed by atoms with E-state index in [9.17, 15) is 4.79 Å². The molecule has 0 amide bonds. The molecule has 1 saturated heterocycles. The number of ether oxygens (including phenoxy) is 1. The molecule has 0 aliphatic carbocycles. The highest BCUT2D eigenvalue weighted by Gasteiger charge is 2.21. The quantitative estimate of drug-likeness (QED) is 0.515. The number of aryl methyl sites for hydroxylation is 1. The Morgan fingerprint density at radius 3 is 2.57 bits per heavy atom. The SMILES string of the molecule is COc1ccc2ccccc2c1-n1c(C)cc2c(N3CCCCC3)ncnc2c1=O. The van der Waals surface area contributed by atoms with Gasteiger partial charge in [-0.25, -0.2) is 9.97 Å². The van der Waals surface area contributed by atoms with E-state index in [1.165, 1.54) is 12.7 Å². The van der Waals surface area contributed by atoms with Crippen LogP contribution in [0.5, 0.6) is 5.75 Å². The Hall–Kier alpha value is -3.41. The van der Waals surface area contributed by atoms with E-state index < -0.39 is 0 Å². The molecular weight excluding hydrogens is 376 g/mol. The smallest absolute Gasteiger partial charge is 0.282 e. The Labute approximate surface area is 174 Å². The average molecular weight is 400 g/mol. The molecule has 30 heavy (non-hydrogen) atoms. The molecule has 3 heterocycles. The number of aromatic nitrogens is 3. The highest BCUT2D eigenvalue weighted by molar-refractivity contribution is 5.94. The first-order chi connectivity index (χ1) is 14.7. The largest absolute Gasteiger partial charge is 0.495 e. The number of methoxy groups -OCH3 is 1. The molecule has 4 aromatic rings. The van der Waals surface area contributed by atoms with Gasteiger partial charge < -0.3 is 9.64 Å². The summed E-state index contributed by atoms with van der Waals surface area (Å²) in [6.07, 6.45) is 5.05. The van der Waals surface area contributed by atoms with Crippen molar-refractivity contribution in [2.75, 3.05) is 25.1 Å². The Balaban J connectivity index is 1.81. The number of nitrogens with zero attached hydrogens (tertiary/aromatic N) is 4. The first kappa shape index (κ1) is 18.6. The van der Waals surface area contributed by atoms with Gasteiger partial charge >= 0.3 is 0 Å². The van der Waals surface area contributed by atoms with Crippen LogP contribution in [0.4, 0.5) is 5.82 Å². The maximum atomic E-state index is 13.7. The van der Waals surface area contributed by atoms with Crippen molar-refractivity contribution >= 4 is 27.5 Å². The van der Waals surface area contributed by atoms with E-state index in [-0.39, 0.29) is 5.56 Å². The first-order valence-corrected chi connectivity index (χ1v) is 10.4. The third-order valence-electron chi connectivity index (χ3n) is 5.94. The molecular formula is C24H24N4O2. The van der Waals surface area contributed by atoms with Gasteiger partial charge in [0.05, 0.1) is 18.2 Å². The number of hydrogen-bond acceptors (Lipinski definition) is 5. The predicted molar refractivity (Wildman–Crippen MR) is 120 cm³/mol. The molecule has 0 atom stereocenters. The maximum Gasteiger partial charge on any atom is 0.282 e. The fourth-order valence-corrected chi connectivity index (χ4v) is 4.50. The van der Waals surface area contributed by atoms with Gasteiger partial charge in [0.2, 0.25) is 0 Å². The highest BCUT2D eigenvalue weighted by Crippen LogP contribution is 2.33. The number of pyridine rings is 1. The van der Waals surface area contributed by atoms with Crippen molar-refractivity contribution in [1.82, 2.24) is 14.5 Å². The summed E-state index contributed by atoms with van der Waals surface area (Å²) in [6.45, 7) is 3.88. The van der Waals surface area contributed by atoms with E-state index in [0.29, 0.717) is 11.3 Å². The molecule has 152 valence electrons. The van der Waals surface area contributed by atoms with E-state index in [1.54, 1.807) is 11.7 Å². The van der Waals surface area contributed by atoms with Crippen LogP contribution >= 0.6 is 0 Å². The molecule has 0 bridgehead atoms. The predicted octanol–water partition coefficient (Wildman–Crippen LogP) is 4.24. The van der Waals surface area contributed by atoms with Crippen LogP contribution in [0, 0.1) is 6.92 Å². The molecule has 6 nitrogen and oxygen atoms in total. The lowest BCUT2D eigenvalue weighted by Crippen LogP contribution is -2.31. The van der Waals surface area contributed by atoms with Crippen LogP contribution in [0.15, 0.2) is 53.6 Å². The van der Waals surface area contributed by atoms with E-state index in [1.807, 2.05) is 49.4 Å². The third kappa shape index (κ3) is 2.91. The number of hydrogen-bond donors (Lipinski definition) is 0. The van der Waals surface area contributed by atoms with Gasteiger partial charge in [0, 0.05) is 24.2 Å². The Morgan fingerprint density at radius 1 is 0.967 bits per heavy atom. The zero-order chi connectivity index (χ0) is 20.7. The maximum absolute atomic E-state index is 13.7. The summed E-state index contributed by atoms with van der Waals surface area (Å²) in [5, 5.41) is 2.83. The van der Waals surface area contributed by atoms with Crippen LogP contribution in [0.3, 0.4) is 0 Å². The van der Waals surface area contributed by atoms with Crippen molar-refractivity contribution in [3.8, 4) is 11.4 Å². The second-order valence-electron chi connectivity index (χ2n) is 7.77. The van der Waals surface area contributed by atoms with Crippen LogP contribution < -0.4 is 15.2 Å². The summed E-state index contributed by atoms with van der Waals surface area (Å²) in [4.78, 5) is 24.9. The molecule has 5 rings (SSSR count). The van der Waals surface area contributed by atoms with Crippen LogP contribution in [-0.4, -0.2) is 34.7 Å². The summed E-state index contributed by atoms with van der Waals surface area (Å²) in [5.74, 6) is 1.51. The molecule has 2 aromatic heterocycles. The Morgan fingerprint density at radius 2 is 1.77 bits per heavy atom. The van der Waals surface area contributed by atoms with Crippen LogP contribution in [0.1, 0.15) is 25.0 Å². The minimum atomic E-state index is -0.152. The number of rotatable bonds is 3. The molecule has 0 spiro atoms. The molecule has 0 saturated carbocycles. The lowest BCUT2D eigenvalue weighted by molar-refractivity contribution is 0.413. The highest BCUT2D eigenvalue weighted by atomic mass is 16.5. The summed E-state index contributed by atoms with van der Waals surface area (Å²) < 4.78 is 7.37. The van der Waals surface area contributed by atoms with Crippen molar-refractivity contribution < 1.29 is 4.74 Å². The molecule has 0 radical (unpaired) electrons. The summed E-state index contributed by atoms with van der Waals surface area (Å²) in [6, 6.07) is 14.0. The van der Waals surface area contributed by atoms with Crippen molar-refractivity contribution in [3.63, 3.8) is 0 Å². The minimum absolute atomic E-state index is 0.152. The van der Waals surface area contributed by atoms with Gasteiger partial charge in [-0.15, -0.1) is 0 Å². The van der Waals surface area contributed by atoms with Crippen LogP contribution in [0.25, 0.3) is 27.4 Å². The Kier molecular flexibility index (Phi) is 4.62. The first-order valence-electron chi connectivity index (χ1n) is 10.4. The molecule has 0 N–H and O–H groups in total. The second-order valence-corrected chi connectivity index (χ2v) is 7.77. The summed E-state index contributed by atoms with van der Waals surface area (Å²) in [5.41, 5.74) is 1.86. The molecule has 1 aliphatic heterocycles. The van der Waals surface area contributed by atoms with E-state index >= 15 is 0 Å². The lowest BCUT2D eigenvalue weighted by Gasteiger charge is -2.28. The van der Waals surface area contributed by atoms with Crippen molar-refractivity contribution in [2.24, 2.45) is 0 Å². The number of benzene rings is 2. The van der Waals surface area contributed by atoms with E-state index in [0.717, 1.165) is 59.3 Å². The fraction of sp³-hybridized carbons (Fsp3) is 0.292. The van der Waals surface area contributed by atoms with Crippen molar-refractivity contribution in [2.45, 2.75) is 26.2 Å². The lowest BCUT2D eigenvalue weighted by atomic mass is 10.1. The van der Waals surface area contributed by atoms with E-state index in [4.69, 9.17) is 4.74 Å². The van der Waals surface area contributed by atoms with Gasteiger partial charge in [-0.05, 0) is 43.7 Å². The van der Waals surface area contributed by atoms with E-state index in [2.05, 4.69) is 14.9 Å². The van der Waals surface area contributed by atoms with Gasteiger partial charge in [0.1, 0.15) is 23.4 Å². The standard InChI is InChI=1S/C24H24N4O2/c1-16-14-19-21(25-15-26-23(19)27-12-6-3-7-13-27)24(29)28(16)22-18-9-5-4-8-17(18)10-11-20(22)30-2/h4-5,8-11,14-15H,3,6-7,12-13H2,1-2H3. The zero-order valence-electron chi connectivity index (χ0n) is 17.3. The monoisotopic (exact) mass is 400 g/mol. The number of piperidine rings is 1. The van der Waals surface area contributed by atoms with Crippen molar-refractivity contribution in [3.05, 3.63) is 64.8 Å². The van der Waals surface area contributed by atoms with Gasteiger partial charge in [0.25, 0.3) is 5.56 Å².